The molecule has 3 aliphatic rings. The molecule has 0 unspecified atom stereocenters. The van der Waals surface area contributed by atoms with E-state index in [0.717, 1.165) is 5.56 Å². The summed E-state index contributed by atoms with van der Waals surface area (Å²) in [5.74, 6) is -3.46. The standard InChI is InChI=1S/C37H49NO10/c1-20-29(45-21(2)39)16-26-28(42)15-25-19-37(7,35(44)34(47-23(4)41)33(20)36(26,5)6)31(46-22(3)40)18-30(25)48-32(43)17-27(38(8)9)24-13-11-10-12-14-24/h10-15,26-31,34,42H,16-19H2,1-9H3/t26-,27+,28-,29-,30-,31-,34+,37-/m0/s1. The molecular weight excluding hydrogens is 618 g/mol. The van der Waals surface area contributed by atoms with Crippen LogP contribution in [0.3, 0.4) is 0 Å². The van der Waals surface area contributed by atoms with Crippen LogP contribution < -0.4 is 0 Å². The highest BCUT2D eigenvalue weighted by atomic mass is 16.6. The Morgan fingerprint density at radius 2 is 1.50 bits per heavy atom. The lowest BCUT2D eigenvalue weighted by Gasteiger charge is -2.51. The summed E-state index contributed by atoms with van der Waals surface area (Å²) in [7, 11) is 3.75. The first-order valence-corrected chi connectivity index (χ1v) is 16.4. The monoisotopic (exact) mass is 667 g/mol. The van der Waals surface area contributed by atoms with Gasteiger partial charge in [-0.25, -0.2) is 0 Å². The number of hydrogen-bond donors (Lipinski definition) is 1. The average Bonchev–Trinajstić information content (AvgIpc) is 2.97. The zero-order valence-corrected chi connectivity index (χ0v) is 29.4. The summed E-state index contributed by atoms with van der Waals surface area (Å²) in [6.45, 7) is 10.8. The van der Waals surface area contributed by atoms with E-state index in [1.807, 2.05) is 63.2 Å². The Morgan fingerprint density at radius 3 is 2.06 bits per heavy atom. The lowest BCUT2D eigenvalue weighted by Crippen LogP contribution is -2.57. The van der Waals surface area contributed by atoms with E-state index in [9.17, 15) is 29.1 Å². The maximum Gasteiger partial charge on any atom is 0.308 e. The molecule has 1 aromatic carbocycles. The Labute approximate surface area is 282 Å². The number of Topliss-reactive ketones (excluding diaryl/α,β-unsaturated/α-hetero) is 1. The number of aliphatic hydroxyl groups is 1. The quantitative estimate of drug-likeness (QED) is 0.239. The van der Waals surface area contributed by atoms with Crippen molar-refractivity contribution in [1.82, 2.24) is 4.90 Å². The predicted molar refractivity (Wildman–Crippen MR) is 175 cm³/mol. The molecule has 0 radical (unpaired) electrons. The van der Waals surface area contributed by atoms with Gasteiger partial charge < -0.3 is 29.0 Å². The number of aliphatic hydroxyl groups excluding tert-OH is 1. The molecule has 262 valence electrons. The van der Waals surface area contributed by atoms with Crippen LogP contribution in [0.1, 0.15) is 85.8 Å². The third-order valence-corrected chi connectivity index (χ3v) is 10.3. The molecule has 0 saturated heterocycles. The van der Waals surface area contributed by atoms with Crippen LogP contribution in [0.25, 0.3) is 0 Å². The number of rotatable bonds is 8. The summed E-state index contributed by atoms with van der Waals surface area (Å²) in [5.41, 5.74) is 0.0609. The van der Waals surface area contributed by atoms with Gasteiger partial charge in [-0.3, -0.25) is 24.0 Å². The minimum atomic E-state index is -1.44. The maximum atomic E-state index is 14.9. The highest BCUT2D eigenvalue weighted by Crippen LogP contribution is 2.53. The summed E-state index contributed by atoms with van der Waals surface area (Å²) in [5, 5.41) is 11.9. The first kappa shape index (κ1) is 37.0. The fourth-order valence-electron chi connectivity index (χ4n) is 7.89. The summed E-state index contributed by atoms with van der Waals surface area (Å²) >= 11 is 0. The van der Waals surface area contributed by atoms with Gasteiger partial charge in [0.1, 0.15) is 18.3 Å². The van der Waals surface area contributed by atoms with E-state index in [1.165, 1.54) is 20.8 Å². The zero-order valence-electron chi connectivity index (χ0n) is 29.4. The average molecular weight is 668 g/mol. The number of carbonyl (C=O) groups is 5. The molecule has 11 heteroatoms. The van der Waals surface area contributed by atoms with E-state index in [4.69, 9.17) is 18.9 Å². The summed E-state index contributed by atoms with van der Waals surface area (Å²) < 4.78 is 23.4. The van der Waals surface area contributed by atoms with Crippen LogP contribution in [0.2, 0.25) is 0 Å². The molecule has 0 amide bonds. The SMILES string of the molecule is CC(=O)O[C@H]1C(=O)[C@@]2(C)CC(=C[C@H](O)[C@@H]3C[C@H](OC(C)=O)C(C)=C1C3(C)C)[C@@H](OC(=O)C[C@H](c1ccccc1)N(C)C)C[C@@H]2OC(C)=O. The second-order valence-corrected chi connectivity index (χ2v) is 14.3. The number of nitrogens with zero attached hydrogens (tertiary/aromatic N) is 1. The van der Waals surface area contributed by atoms with E-state index in [1.54, 1.807) is 19.9 Å². The highest BCUT2D eigenvalue weighted by Gasteiger charge is 2.58. The van der Waals surface area contributed by atoms with Crippen LogP contribution in [0, 0.1) is 16.7 Å². The van der Waals surface area contributed by atoms with Crippen molar-refractivity contribution in [3.8, 4) is 0 Å². The molecule has 0 spiro atoms. The van der Waals surface area contributed by atoms with Crippen molar-refractivity contribution in [2.24, 2.45) is 16.7 Å². The number of carbonyl (C=O) groups excluding carboxylic acids is 5. The number of esters is 4. The van der Waals surface area contributed by atoms with Crippen LogP contribution in [-0.2, 0) is 42.9 Å². The van der Waals surface area contributed by atoms with Gasteiger partial charge in [0.05, 0.1) is 17.9 Å². The smallest absolute Gasteiger partial charge is 0.308 e. The second-order valence-electron chi connectivity index (χ2n) is 14.3. The van der Waals surface area contributed by atoms with Crippen molar-refractivity contribution in [2.45, 2.75) is 111 Å². The molecule has 0 heterocycles. The van der Waals surface area contributed by atoms with E-state index in [0.29, 0.717) is 16.7 Å². The molecular formula is C37H49NO10. The van der Waals surface area contributed by atoms with Crippen molar-refractivity contribution in [2.75, 3.05) is 14.1 Å². The Morgan fingerprint density at radius 1 is 0.896 bits per heavy atom. The van der Waals surface area contributed by atoms with Gasteiger partial charge in [0.25, 0.3) is 0 Å². The van der Waals surface area contributed by atoms with Crippen LogP contribution >= 0.6 is 0 Å². The van der Waals surface area contributed by atoms with E-state index in [2.05, 4.69) is 0 Å². The van der Waals surface area contributed by atoms with Crippen LogP contribution in [0.5, 0.6) is 0 Å². The minimum Gasteiger partial charge on any atom is -0.461 e. The normalized spacial score (nSPS) is 30.5. The van der Waals surface area contributed by atoms with Gasteiger partial charge in [0.15, 0.2) is 11.9 Å². The molecule has 1 N–H and O–H groups in total. The Balaban J connectivity index is 1.84. The molecule has 11 nitrogen and oxygen atoms in total. The van der Waals surface area contributed by atoms with Crippen molar-refractivity contribution in [1.29, 1.82) is 0 Å². The van der Waals surface area contributed by atoms with Crippen molar-refractivity contribution in [3.63, 3.8) is 0 Å². The lowest BCUT2D eigenvalue weighted by atomic mass is 9.57. The van der Waals surface area contributed by atoms with Crippen molar-refractivity contribution < 1.29 is 48.0 Å². The molecule has 1 fully saturated rings. The third kappa shape index (κ3) is 7.57. The maximum absolute atomic E-state index is 14.9. The minimum absolute atomic E-state index is 0.0272. The van der Waals surface area contributed by atoms with Gasteiger partial charge >= 0.3 is 23.9 Å². The Bertz CT molecular complexity index is 1490. The second kappa shape index (κ2) is 14.3. The number of ketones is 1. The molecule has 4 bridgehead atoms. The molecule has 1 aromatic rings. The van der Waals surface area contributed by atoms with Crippen molar-refractivity contribution >= 4 is 29.7 Å². The number of benzene rings is 1. The van der Waals surface area contributed by atoms with Crippen molar-refractivity contribution in [3.05, 3.63) is 58.7 Å². The van der Waals surface area contributed by atoms with Crippen LogP contribution in [0.4, 0.5) is 0 Å². The van der Waals surface area contributed by atoms with Crippen LogP contribution in [-0.4, -0.2) is 84.3 Å². The van der Waals surface area contributed by atoms with E-state index < -0.39 is 76.9 Å². The largest absolute Gasteiger partial charge is 0.461 e. The van der Waals surface area contributed by atoms with Gasteiger partial charge in [0, 0.05) is 39.2 Å². The zero-order chi connectivity index (χ0) is 35.7. The molecule has 0 aromatic heterocycles. The molecule has 4 rings (SSSR count). The van der Waals surface area contributed by atoms with Gasteiger partial charge in [-0.2, -0.15) is 0 Å². The third-order valence-electron chi connectivity index (χ3n) is 10.3. The Hall–Kier alpha value is -3.83. The summed E-state index contributed by atoms with van der Waals surface area (Å²) in [4.78, 5) is 67.6. The number of ether oxygens (including phenoxy) is 4. The fourth-order valence-corrected chi connectivity index (χ4v) is 7.89. The van der Waals surface area contributed by atoms with Gasteiger partial charge in [-0.15, -0.1) is 0 Å². The first-order chi connectivity index (χ1) is 22.4. The number of fused-ring (bicyclic) bond motifs is 4. The van der Waals surface area contributed by atoms with Gasteiger partial charge in [-0.1, -0.05) is 50.3 Å². The molecule has 8 atom stereocenters. The fraction of sp³-hybridized carbons (Fsp3) is 0.595. The molecule has 0 aliphatic heterocycles. The predicted octanol–water partition coefficient (Wildman–Crippen LogP) is 4.42. The van der Waals surface area contributed by atoms with Crippen LogP contribution in [0.15, 0.2) is 53.1 Å². The first-order valence-electron chi connectivity index (χ1n) is 16.4. The van der Waals surface area contributed by atoms with Gasteiger partial charge in [0.2, 0.25) is 0 Å². The highest BCUT2D eigenvalue weighted by molar-refractivity contribution is 5.94. The number of hydrogen-bond acceptors (Lipinski definition) is 11. The Kier molecular flexibility index (Phi) is 11.1. The summed E-state index contributed by atoms with van der Waals surface area (Å²) in [6, 6.07) is 9.29. The van der Waals surface area contributed by atoms with Gasteiger partial charge in [-0.05, 0) is 68.5 Å². The topological polar surface area (TPSA) is 146 Å². The lowest BCUT2D eigenvalue weighted by molar-refractivity contribution is -0.173. The van der Waals surface area contributed by atoms with E-state index in [-0.39, 0.29) is 31.7 Å². The molecule has 48 heavy (non-hydrogen) atoms. The van der Waals surface area contributed by atoms with E-state index >= 15 is 0 Å². The summed E-state index contributed by atoms with van der Waals surface area (Å²) in [6.07, 6.45) is -3.48. The molecule has 3 aliphatic carbocycles. The molecule has 1 saturated carbocycles.